The van der Waals surface area contributed by atoms with Gasteiger partial charge < -0.3 is 0 Å². The molecule has 7 heavy (non-hydrogen) atoms. The third-order valence-corrected chi connectivity index (χ3v) is 0.981. The van der Waals surface area contributed by atoms with Crippen LogP contribution in [0.4, 0.5) is 0 Å². The van der Waals surface area contributed by atoms with Gasteiger partial charge in [-0.3, -0.25) is 0 Å². The van der Waals surface area contributed by atoms with Crippen LogP contribution in [0.15, 0.2) is 11.6 Å². The van der Waals surface area contributed by atoms with Gasteiger partial charge in [-0.15, -0.1) is 0 Å². The van der Waals surface area contributed by atoms with Crippen LogP contribution in [0.1, 0.15) is 27.2 Å². The van der Waals surface area contributed by atoms with Gasteiger partial charge in [0.25, 0.3) is 0 Å². The van der Waals surface area contributed by atoms with Gasteiger partial charge in [-0.05, 0) is 26.7 Å². The van der Waals surface area contributed by atoms with Crippen molar-refractivity contribution in [3.05, 3.63) is 18.1 Å². The van der Waals surface area contributed by atoms with Crippen molar-refractivity contribution in [3.8, 4) is 0 Å². The SMILES string of the molecule is CC=C(C)[CH]CC. The Morgan fingerprint density at radius 3 is 2.29 bits per heavy atom. The van der Waals surface area contributed by atoms with Crippen LogP contribution in [0, 0.1) is 6.42 Å². The average molecular weight is 97.2 g/mol. The molecule has 41 valence electrons. The van der Waals surface area contributed by atoms with Crippen molar-refractivity contribution in [3.63, 3.8) is 0 Å². The van der Waals surface area contributed by atoms with Crippen molar-refractivity contribution in [2.45, 2.75) is 27.2 Å². The van der Waals surface area contributed by atoms with Gasteiger partial charge in [-0.1, -0.05) is 18.6 Å². The van der Waals surface area contributed by atoms with Crippen molar-refractivity contribution >= 4 is 0 Å². The maximum Gasteiger partial charge on any atom is -0.0143 e. The molecule has 0 spiro atoms. The van der Waals surface area contributed by atoms with Gasteiger partial charge in [0.05, 0.1) is 0 Å². The average Bonchev–Trinajstić information content (AvgIpc) is 1.68. The lowest BCUT2D eigenvalue weighted by Gasteiger charge is -1.90. The summed E-state index contributed by atoms with van der Waals surface area (Å²) in [6.45, 7) is 6.32. The van der Waals surface area contributed by atoms with E-state index >= 15 is 0 Å². The summed E-state index contributed by atoms with van der Waals surface area (Å²) in [6.07, 6.45) is 5.47. The molecule has 0 N–H and O–H groups in total. The summed E-state index contributed by atoms with van der Waals surface area (Å²) in [5, 5.41) is 0. The lowest BCUT2D eigenvalue weighted by atomic mass is 10.2. The van der Waals surface area contributed by atoms with E-state index in [1.165, 1.54) is 5.57 Å². The lowest BCUT2D eigenvalue weighted by Crippen LogP contribution is -1.72. The van der Waals surface area contributed by atoms with E-state index in [-0.39, 0.29) is 0 Å². The largest absolute Gasteiger partial charge is 0.0884 e. The fourth-order valence-electron chi connectivity index (χ4n) is 0.440. The van der Waals surface area contributed by atoms with E-state index < -0.39 is 0 Å². The van der Waals surface area contributed by atoms with E-state index in [0.717, 1.165) is 6.42 Å². The second-order valence-corrected chi connectivity index (χ2v) is 1.65. The Morgan fingerprint density at radius 2 is 2.14 bits per heavy atom. The fraction of sp³-hybridized carbons (Fsp3) is 0.571. The molecule has 1 radical (unpaired) electrons. The van der Waals surface area contributed by atoms with Gasteiger partial charge in [-0.25, -0.2) is 0 Å². The quantitative estimate of drug-likeness (QED) is 0.496. The van der Waals surface area contributed by atoms with Gasteiger partial charge in [0.15, 0.2) is 0 Å². The van der Waals surface area contributed by atoms with Crippen LogP contribution in [-0.2, 0) is 0 Å². The summed E-state index contributed by atoms with van der Waals surface area (Å²) < 4.78 is 0. The zero-order chi connectivity index (χ0) is 5.70. The minimum absolute atomic E-state index is 1.15. The van der Waals surface area contributed by atoms with Crippen LogP contribution >= 0.6 is 0 Å². The molecule has 0 aromatic carbocycles. The molecule has 0 aliphatic carbocycles. The molecule has 0 atom stereocenters. The number of rotatable bonds is 2. The van der Waals surface area contributed by atoms with E-state index in [1.807, 2.05) is 0 Å². The van der Waals surface area contributed by atoms with Gasteiger partial charge in [0, 0.05) is 0 Å². The van der Waals surface area contributed by atoms with Gasteiger partial charge >= 0.3 is 0 Å². The molecule has 0 aliphatic rings. The van der Waals surface area contributed by atoms with Crippen molar-refractivity contribution in [2.24, 2.45) is 0 Å². The Balaban J connectivity index is 3.17. The zero-order valence-corrected chi connectivity index (χ0v) is 5.36. The molecule has 0 heteroatoms. The summed E-state index contributed by atoms with van der Waals surface area (Å²) in [7, 11) is 0. The smallest absolute Gasteiger partial charge is 0.0143 e. The number of allylic oxidation sites excluding steroid dienone is 2. The molecular weight excluding hydrogens is 84.1 g/mol. The lowest BCUT2D eigenvalue weighted by molar-refractivity contribution is 1.10. The Bertz CT molecular complexity index is 60.4. The van der Waals surface area contributed by atoms with Gasteiger partial charge in [-0.2, -0.15) is 0 Å². The topological polar surface area (TPSA) is 0 Å². The van der Waals surface area contributed by atoms with E-state index in [2.05, 4.69) is 33.3 Å². The Morgan fingerprint density at radius 1 is 1.57 bits per heavy atom. The maximum atomic E-state index is 2.21. The van der Waals surface area contributed by atoms with Crippen molar-refractivity contribution in [1.29, 1.82) is 0 Å². The highest BCUT2D eigenvalue weighted by Gasteiger charge is 1.80. The van der Waals surface area contributed by atoms with Crippen LogP contribution in [0.3, 0.4) is 0 Å². The summed E-state index contributed by atoms with van der Waals surface area (Å²) in [4.78, 5) is 0. The molecule has 0 aliphatic heterocycles. The Hall–Kier alpha value is -0.260. The molecule has 0 unspecified atom stereocenters. The minimum Gasteiger partial charge on any atom is -0.0884 e. The highest BCUT2D eigenvalue weighted by atomic mass is 13.9. The molecule has 0 saturated heterocycles. The summed E-state index contributed by atoms with van der Waals surface area (Å²) in [5.41, 5.74) is 1.38. The molecule has 0 amide bonds. The maximum absolute atomic E-state index is 2.21. The summed E-state index contributed by atoms with van der Waals surface area (Å²) >= 11 is 0. The minimum atomic E-state index is 1.15. The number of hydrogen-bond acceptors (Lipinski definition) is 0. The fourth-order valence-corrected chi connectivity index (χ4v) is 0.440. The molecule has 0 bridgehead atoms. The van der Waals surface area contributed by atoms with E-state index in [0.29, 0.717) is 0 Å². The Labute approximate surface area is 46.2 Å². The second kappa shape index (κ2) is 3.91. The third kappa shape index (κ3) is 3.57. The van der Waals surface area contributed by atoms with E-state index in [1.54, 1.807) is 0 Å². The monoisotopic (exact) mass is 97.1 g/mol. The molecular formula is C7H13. The first-order chi connectivity index (χ1) is 3.31. The van der Waals surface area contributed by atoms with Gasteiger partial charge in [0.1, 0.15) is 0 Å². The van der Waals surface area contributed by atoms with E-state index in [9.17, 15) is 0 Å². The van der Waals surface area contributed by atoms with Crippen LogP contribution in [0.5, 0.6) is 0 Å². The van der Waals surface area contributed by atoms with Crippen molar-refractivity contribution < 1.29 is 0 Å². The summed E-state index contributed by atoms with van der Waals surface area (Å²) in [6, 6.07) is 0. The number of hydrogen-bond donors (Lipinski definition) is 0. The summed E-state index contributed by atoms with van der Waals surface area (Å²) in [5.74, 6) is 0. The molecule has 0 heterocycles. The van der Waals surface area contributed by atoms with Crippen molar-refractivity contribution in [2.75, 3.05) is 0 Å². The van der Waals surface area contributed by atoms with Crippen LogP contribution in [-0.4, -0.2) is 0 Å². The molecule has 0 saturated carbocycles. The van der Waals surface area contributed by atoms with Crippen LogP contribution in [0.2, 0.25) is 0 Å². The molecule has 0 nitrogen and oxygen atoms in total. The first-order valence-electron chi connectivity index (χ1n) is 2.77. The highest BCUT2D eigenvalue weighted by molar-refractivity contribution is 5.07. The molecule has 0 fully saturated rings. The second-order valence-electron chi connectivity index (χ2n) is 1.65. The Kier molecular flexibility index (Phi) is 3.77. The van der Waals surface area contributed by atoms with Crippen molar-refractivity contribution in [1.82, 2.24) is 0 Å². The molecule has 0 aromatic rings. The normalized spacial score (nSPS) is 12.1. The predicted octanol–water partition coefficient (Wildman–Crippen LogP) is 2.57. The van der Waals surface area contributed by atoms with Crippen LogP contribution < -0.4 is 0 Å². The first-order valence-corrected chi connectivity index (χ1v) is 2.77. The third-order valence-electron chi connectivity index (χ3n) is 0.981. The standard InChI is InChI=1S/C7H13/c1-4-6-7(3)5-2/h5-6H,4H2,1-3H3. The zero-order valence-electron chi connectivity index (χ0n) is 5.36. The first kappa shape index (κ1) is 6.74. The highest BCUT2D eigenvalue weighted by Crippen LogP contribution is 1.98. The molecule has 0 aromatic heterocycles. The molecule has 0 rings (SSSR count). The van der Waals surface area contributed by atoms with Gasteiger partial charge in [0.2, 0.25) is 0 Å². The van der Waals surface area contributed by atoms with E-state index in [4.69, 9.17) is 0 Å². The van der Waals surface area contributed by atoms with Crippen LogP contribution in [0.25, 0.3) is 0 Å². The predicted molar refractivity (Wildman–Crippen MR) is 34.0 cm³/mol.